The van der Waals surface area contributed by atoms with Gasteiger partial charge in [0.1, 0.15) is 12.4 Å². The molecule has 0 atom stereocenters. The number of tetrazole rings is 1. The van der Waals surface area contributed by atoms with Crippen molar-refractivity contribution in [1.29, 1.82) is 0 Å². The number of carbonyl (C=O) groups excluding carboxylic acids is 1. The van der Waals surface area contributed by atoms with Crippen molar-refractivity contribution in [2.45, 2.75) is 19.4 Å². The predicted molar refractivity (Wildman–Crippen MR) is 69.0 cm³/mol. The zero-order valence-corrected chi connectivity index (χ0v) is 10.9. The summed E-state index contributed by atoms with van der Waals surface area (Å²) in [5, 5.41) is 11.8. The van der Waals surface area contributed by atoms with Crippen LogP contribution in [0.15, 0.2) is 24.3 Å². The fourth-order valence-electron chi connectivity index (χ4n) is 2.24. The predicted octanol–water partition coefficient (Wildman–Crippen LogP) is 1.10. The number of rotatable bonds is 3. The monoisotopic (exact) mass is 275 g/mol. The lowest BCUT2D eigenvalue weighted by molar-refractivity contribution is -0.131. The van der Waals surface area contributed by atoms with E-state index >= 15 is 0 Å². The first-order valence-corrected chi connectivity index (χ1v) is 6.54. The Morgan fingerprint density at radius 1 is 1.30 bits per heavy atom. The van der Waals surface area contributed by atoms with Gasteiger partial charge >= 0.3 is 0 Å². The molecule has 1 aromatic heterocycles. The number of amides is 1. The highest BCUT2D eigenvalue weighted by Gasteiger charge is 2.19. The van der Waals surface area contributed by atoms with E-state index in [1.807, 2.05) is 0 Å². The summed E-state index contributed by atoms with van der Waals surface area (Å²) < 4.78 is 13.1. The van der Waals surface area contributed by atoms with E-state index in [1.165, 1.54) is 16.9 Å². The molecular formula is C13H14FN5O. The largest absolute Gasteiger partial charge is 0.341 e. The minimum Gasteiger partial charge on any atom is -0.341 e. The van der Waals surface area contributed by atoms with Gasteiger partial charge in [-0.25, -0.2) is 4.39 Å². The summed E-state index contributed by atoms with van der Waals surface area (Å²) in [6.07, 6.45) is 2.09. The van der Waals surface area contributed by atoms with Crippen molar-refractivity contribution < 1.29 is 9.18 Å². The maximum absolute atomic E-state index is 13.1. The third-order valence-corrected chi connectivity index (χ3v) is 3.27. The van der Waals surface area contributed by atoms with Gasteiger partial charge in [0.2, 0.25) is 11.7 Å². The quantitative estimate of drug-likeness (QED) is 0.841. The smallest absolute Gasteiger partial charge is 0.246 e. The van der Waals surface area contributed by atoms with Crippen LogP contribution in [-0.4, -0.2) is 44.1 Å². The molecule has 0 saturated carbocycles. The van der Waals surface area contributed by atoms with Crippen LogP contribution in [0.4, 0.5) is 4.39 Å². The summed E-state index contributed by atoms with van der Waals surface area (Å²) in [7, 11) is 0. The standard InChI is InChI=1S/C13H14FN5O/c14-11-5-3-4-10(8-11)13-15-17-19(16-13)9-12(20)18-6-1-2-7-18/h3-5,8H,1-2,6-7,9H2. The van der Waals surface area contributed by atoms with E-state index in [1.54, 1.807) is 17.0 Å². The average Bonchev–Trinajstić information content (AvgIpc) is 3.10. The lowest BCUT2D eigenvalue weighted by atomic mass is 10.2. The number of benzene rings is 1. The first kappa shape index (κ1) is 12.7. The van der Waals surface area contributed by atoms with Crippen molar-refractivity contribution in [1.82, 2.24) is 25.1 Å². The van der Waals surface area contributed by atoms with E-state index < -0.39 is 0 Å². The molecule has 0 spiro atoms. The summed E-state index contributed by atoms with van der Waals surface area (Å²) in [5.74, 6) is -0.0450. The molecule has 1 aliphatic rings. The Bertz CT molecular complexity index is 621. The highest BCUT2D eigenvalue weighted by atomic mass is 19.1. The van der Waals surface area contributed by atoms with Crippen molar-refractivity contribution >= 4 is 5.91 Å². The van der Waals surface area contributed by atoms with E-state index in [-0.39, 0.29) is 18.3 Å². The molecule has 3 rings (SSSR count). The molecule has 7 heteroatoms. The van der Waals surface area contributed by atoms with Crippen LogP contribution in [0.1, 0.15) is 12.8 Å². The minimum absolute atomic E-state index is 0.00862. The van der Waals surface area contributed by atoms with Crippen molar-refractivity contribution in [3.05, 3.63) is 30.1 Å². The second-order valence-corrected chi connectivity index (χ2v) is 4.74. The SMILES string of the molecule is O=C(Cn1nnc(-c2cccc(F)c2)n1)N1CCCC1. The van der Waals surface area contributed by atoms with Crippen molar-refractivity contribution in [3.8, 4) is 11.4 Å². The van der Waals surface area contributed by atoms with Gasteiger partial charge in [0.15, 0.2) is 0 Å². The normalized spacial score (nSPS) is 14.8. The van der Waals surface area contributed by atoms with E-state index in [2.05, 4.69) is 15.4 Å². The molecule has 6 nitrogen and oxygen atoms in total. The third kappa shape index (κ3) is 2.66. The van der Waals surface area contributed by atoms with E-state index in [0.29, 0.717) is 11.4 Å². The fraction of sp³-hybridized carbons (Fsp3) is 0.385. The maximum atomic E-state index is 13.1. The summed E-state index contributed by atoms with van der Waals surface area (Å²) in [5.41, 5.74) is 0.546. The van der Waals surface area contributed by atoms with E-state index in [4.69, 9.17) is 0 Å². The summed E-state index contributed by atoms with van der Waals surface area (Å²) in [6.45, 7) is 1.66. The molecule has 0 bridgehead atoms. The van der Waals surface area contributed by atoms with Crippen LogP contribution < -0.4 is 0 Å². The molecule has 0 radical (unpaired) electrons. The van der Waals surface area contributed by atoms with Gasteiger partial charge in [0.05, 0.1) is 0 Å². The summed E-state index contributed by atoms with van der Waals surface area (Å²) in [6, 6.07) is 5.97. The van der Waals surface area contributed by atoms with Gasteiger partial charge in [-0.15, -0.1) is 10.2 Å². The molecule has 0 N–H and O–H groups in total. The van der Waals surface area contributed by atoms with Crippen LogP contribution in [0.25, 0.3) is 11.4 Å². The van der Waals surface area contributed by atoms with Crippen molar-refractivity contribution in [2.24, 2.45) is 0 Å². The Balaban J connectivity index is 1.72. The van der Waals surface area contributed by atoms with Gasteiger partial charge < -0.3 is 4.90 Å². The number of carbonyl (C=O) groups is 1. The molecule has 1 fully saturated rings. The Hall–Kier alpha value is -2.31. The molecular weight excluding hydrogens is 261 g/mol. The Labute approximate surface area is 115 Å². The molecule has 1 aliphatic heterocycles. The van der Waals surface area contributed by atoms with Gasteiger partial charge in [0, 0.05) is 18.7 Å². The molecule has 2 heterocycles. The zero-order valence-electron chi connectivity index (χ0n) is 10.9. The van der Waals surface area contributed by atoms with E-state index in [0.717, 1.165) is 25.9 Å². The molecule has 104 valence electrons. The fourth-order valence-corrected chi connectivity index (χ4v) is 2.24. The second-order valence-electron chi connectivity index (χ2n) is 4.74. The maximum Gasteiger partial charge on any atom is 0.246 e. The number of halogens is 1. The van der Waals surface area contributed by atoms with Crippen LogP contribution in [0, 0.1) is 5.82 Å². The first-order chi connectivity index (χ1) is 9.72. The summed E-state index contributed by atoms with van der Waals surface area (Å²) >= 11 is 0. The molecule has 1 aromatic carbocycles. The molecule has 1 saturated heterocycles. The zero-order chi connectivity index (χ0) is 13.9. The molecule has 0 unspecified atom stereocenters. The van der Waals surface area contributed by atoms with Gasteiger partial charge in [-0.1, -0.05) is 12.1 Å². The average molecular weight is 275 g/mol. The van der Waals surface area contributed by atoms with Crippen LogP contribution >= 0.6 is 0 Å². The first-order valence-electron chi connectivity index (χ1n) is 6.54. The van der Waals surface area contributed by atoms with E-state index in [9.17, 15) is 9.18 Å². The number of hydrogen-bond acceptors (Lipinski definition) is 4. The number of aromatic nitrogens is 4. The van der Waals surface area contributed by atoms with Crippen molar-refractivity contribution in [2.75, 3.05) is 13.1 Å². The topological polar surface area (TPSA) is 63.9 Å². The Morgan fingerprint density at radius 2 is 2.10 bits per heavy atom. The third-order valence-electron chi connectivity index (χ3n) is 3.27. The molecule has 1 amide bonds. The minimum atomic E-state index is -0.355. The Kier molecular flexibility index (Phi) is 3.41. The van der Waals surface area contributed by atoms with Crippen LogP contribution in [0.5, 0.6) is 0 Å². The van der Waals surface area contributed by atoms with Crippen LogP contribution in [0.3, 0.4) is 0 Å². The van der Waals surface area contributed by atoms with Crippen LogP contribution in [0.2, 0.25) is 0 Å². The highest BCUT2D eigenvalue weighted by Crippen LogP contribution is 2.14. The number of likely N-dealkylation sites (tertiary alicyclic amines) is 1. The number of hydrogen-bond donors (Lipinski definition) is 0. The molecule has 2 aromatic rings. The highest BCUT2D eigenvalue weighted by molar-refractivity contribution is 5.76. The Morgan fingerprint density at radius 3 is 2.85 bits per heavy atom. The lowest BCUT2D eigenvalue weighted by Gasteiger charge is -2.13. The second kappa shape index (κ2) is 5.36. The summed E-state index contributed by atoms with van der Waals surface area (Å²) in [4.78, 5) is 15.0. The van der Waals surface area contributed by atoms with Gasteiger partial charge in [-0.05, 0) is 30.2 Å². The van der Waals surface area contributed by atoms with Gasteiger partial charge in [0.25, 0.3) is 0 Å². The number of nitrogens with zero attached hydrogens (tertiary/aromatic N) is 5. The molecule has 20 heavy (non-hydrogen) atoms. The molecule has 0 aliphatic carbocycles. The van der Waals surface area contributed by atoms with Crippen molar-refractivity contribution in [3.63, 3.8) is 0 Å². The lowest BCUT2D eigenvalue weighted by Crippen LogP contribution is -2.31. The van der Waals surface area contributed by atoms with Gasteiger partial charge in [-0.2, -0.15) is 4.80 Å². The van der Waals surface area contributed by atoms with Gasteiger partial charge in [-0.3, -0.25) is 4.79 Å². The van der Waals surface area contributed by atoms with Crippen LogP contribution in [-0.2, 0) is 11.3 Å².